The van der Waals surface area contributed by atoms with Gasteiger partial charge in [0.2, 0.25) is 0 Å². The highest BCUT2D eigenvalue weighted by Crippen LogP contribution is 2.19. The third kappa shape index (κ3) is 2.57. The highest BCUT2D eigenvalue weighted by Gasteiger charge is 2.11. The first-order valence-electron chi connectivity index (χ1n) is 5.68. The maximum absolute atomic E-state index is 12.0. The SMILES string of the molecule is CN(CCO)C(=O)c1cccc(-c2cn[nH]c2)c1. The van der Waals surface area contributed by atoms with Gasteiger partial charge in [0.05, 0.1) is 12.8 Å². The molecule has 1 amide bonds. The van der Waals surface area contributed by atoms with Gasteiger partial charge in [-0.2, -0.15) is 5.10 Å². The number of benzene rings is 1. The molecule has 0 spiro atoms. The molecule has 18 heavy (non-hydrogen) atoms. The van der Waals surface area contributed by atoms with E-state index in [0.717, 1.165) is 11.1 Å². The van der Waals surface area contributed by atoms with Crippen molar-refractivity contribution in [3.63, 3.8) is 0 Å². The van der Waals surface area contributed by atoms with E-state index in [1.54, 1.807) is 25.5 Å². The molecule has 0 aliphatic heterocycles. The van der Waals surface area contributed by atoms with Gasteiger partial charge in [-0.3, -0.25) is 9.89 Å². The second kappa shape index (κ2) is 5.46. The van der Waals surface area contributed by atoms with Crippen LogP contribution in [-0.2, 0) is 0 Å². The number of carbonyl (C=O) groups is 1. The van der Waals surface area contributed by atoms with Crippen LogP contribution in [0.2, 0.25) is 0 Å². The molecule has 0 unspecified atom stereocenters. The van der Waals surface area contributed by atoms with Gasteiger partial charge in [-0.1, -0.05) is 12.1 Å². The van der Waals surface area contributed by atoms with Gasteiger partial charge < -0.3 is 10.0 Å². The van der Waals surface area contributed by atoms with Crippen molar-refractivity contribution in [3.8, 4) is 11.1 Å². The summed E-state index contributed by atoms with van der Waals surface area (Å²) in [4.78, 5) is 13.5. The minimum absolute atomic E-state index is 0.0380. The number of H-pyrrole nitrogens is 1. The van der Waals surface area contributed by atoms with E-state index >= 15 is 0 Å². The molecule has 2 aromatic rings. The Kier molecular flexibility index (Phi) is 3.74. The first kappa shape index (κ1) is 12.3. The van der Waals surface area contributed by atoms with Gasteiger partial charge in [0, 0.05) is 30.9 Å². The molecular formula is C13H15N3O2. The average molecular weight is 245 g/mol. The van der Waals surface area contributed by atoms with Crippen LogP contribution >= 0.6 is 0 Å². The molecule has 0 saturated carbocycles. The molecule has 0 radical (unpaired) electrons. The van der Waals surface area contributed by atoms with Crippen molar-refractivity contribution in [1.82, 2.24) is 15.1 Å². The number of aliphatic hydroxyl groups is 1. The number of aliphatic hydroxyl groups excluding tert-OH is 1. The molecule has 0 aliphatic rings. The molecule has 94 valence electrons. The van der Waals surface area contributed by atoms with E-state index in [-0.39, 0.29) is 12.5 Å². The molecule has 0 bridgehead atoms. The zero-order chi connectivity index (χ0) is 13.0. The van der Waals surface area contributed by atoms with Gasteiger partial charge in [-0.05, 0) is 17.7 Å². The van der Waals surface area contributed by atoms with Gasteiger partial charge in [-0.15, -0.1) is 0 Å². The summed E-state index contributed by atoms with van der Waals surface area (Å²) in [5, 5.41) is 15.5. The molecule has 0 saturated heterocycles. The zero-order valence-corrected chi connectivity index (χ0v) is 10.1. The zero-order valence-electron chi connectivity index (χ0n) is 10.1. The predicted octanol–water partition coefficient (Wildman–Crippen LogP) is 1.14. The number of hydrogen-bond donors (Lipinski definition) is 2. The van der Waals surface area contributed by atoms with Crippen LogP contribution in [-0.4, -0.2) is 46.3 Å². The molecular weight excluding hydrogens is 230 g/mol. The summed E-state index contributed by atoms with van der Waals surface area (Å²) in [6.45, 7) is 0.290. The fourth-order valence-corrected chi connectivity index (χ4v) is 1.71. The molecule has 1 aromatic heterocycles. The van der Waals surface area contributed by atoms with Crippen LogP contribution in [0.3, 0.4) is 0 Å². The Hall–Kier alpha value is -2.14. The smallest absolute Gasteiger partial charge is 0.253 e. The van der Waals surface area contributed by atoms with E-state index < -0.39 is 0 Å². The van der Waals surface area contributed by atoms with Crippen LogP contribution in [0.4, 0.5) is 0 Å². The molecule has 0 atom stereocenters. The van der Waals surface area contributed by atoms with Gasteiger partial charge >= 0.3 is 0 Å². The van der Waals surface area contributed by atoms with Crippen LogP contribution in [0.25, 0.3) is 11.1 Å². The Labute approximate surface area is 105 Å². The molecule has 1 aromatic carbocycles. The van der Waals surface area contributed by atoms with Crippen LogP contribution in [0.5, 0.6) is 0 Å². The number of carbonyl (C=O) groups excluding carboxylic acids is 1. The first-order chi connectivity index (χ1) is 8.72. The van der Waals surface area contributed by atoms with Gasteiger partial charge in [0.25, 0.3) is 5.91 Å². The maximum Gasteiger partial charge on any atom is 0.253 e. The third-order valence-electron chi connectivity index (χ3n) is 2.72. The first-order valence-corrected chi connectivity index (χ1v) is 5.68. The van der Waals surface area contributed by atoms with Gasteiger partial charge in [0.1, 0.15) is 0 Å². The van der Waals surface area contributed by atoms with Crippen molar-refractivity contribution >= 4 is 5.91 Å². The molecule has 0 aliphatic carbocycles. The predicted molar refractivity (Wildman–Crippen MR) is 68.1 cm³/mol. The highest BCUT2D eigenvalue weighted by molar-refractivity contribution is 5.95. The summed E-state index contributed by atoms with van der Waals surface area (Å²) in [5.41, 5.74) is 2.48. The summed E-state index contributed by atoms with van der Waals surface area (Å²) in [5.74, 6) is -0.102. The van der Waals surface area contributed by atoms with E-state index in [0.29, 0.717) is 12.1 Å². The van der Waals surface area contributed by atoms with Crippen molar-refractivity contribution in [2.75, 3.05) is 20.2 Å². The molecule has 2 N–H and O–H groups in total. The minimum atomic E-state index is -0.102. The van der Waals surface area contributed by atoms with Crippen molar-refractivity contribution in [2.45, 2.75) is 0 Å². The minimum Gasteiger partial charge on any atom is -0.395 e. The lowest BCUT2D eigenvalue weighted by atomic mass is 10.1. The second-order valence-corrected chi connectivity index (χ2v) is 4.02. The lowest BCUT2D eigenvalue weighted by molar-refractivity contribution is 0.0767. The van der Waals surface area contributed by atoms with Gasteiger partial charge in [0.15, 0.2) is 0 Å². The van der Waals surface area contributed by atoms with E-state index in [2.05, 4.69) is 10.2 Å². The molecule has 0 fully saturated rings. The van der Waals surface area contributed by atoms with E-state index in [1.165, 1.54) is 4.90 Å². The van der Waals surface area contributed by atoms with E-state index in [9.17, 15) is 4.79 Å². The largest absolute Gasteiger partial charge is 0.395 e. The van der Waals surface area contributed by atoms with Crippen LogP contribution in [0, 0.1) is 0 Å². The number of hydrogen-bond acceptors (Lipinski definition) is 3. The van der Waals surface area contributed by atoms with Crippen molar-refractivity contribution < 1.29 is 9.90 Å². The van der Waals surface area contributed by atoms with Gasteiger partial charge in [-0.25, -0.2) is 0 Å². The second-order valence-electron chi connectivity index (χ2n) is 4.02. The number of rotatable bonds is 4. The Bertz CT molecular complexity index is 523. The standard InChI is InChI=1S/C13H15N3O2/c1-16(5-6-17)13(18)11-4-2-3-10(7-11)12-8-14-15-9-12/h2-4,7-9,17H,5-6H2,1H3,(H,14,15). The number of aromatic amines is 1. The number of nitrogens with one attached hydrogen (secondary N) is 1. The lowest BCUT2D eigenvalue weighted by Gasteiger charge is -2.15. The molecule has 5 nitrogen and oxygen atoms in total. The number of amides is 1. The van der Waals surface area contributed by atoms with Crippen LogP contribution < -0.4 is 0 Å². The van der Waals surface area contributed by atoms with Crippen LogP contribution in [0.1, 0.15) is 10.4 Å². The molecule has 2 rings (SSSR count). The maximum atomic E-state index is 12.0. The Morgan fingerprint density at radius 2 is 2.28 bits per heavy atom. The average Bonchev–Trinajstić information content (AvgIpc) is 2.92. The molecule has 5 heteroatoms. The fourth-order valence-electron chi connectivity index (χ4n) is 1.71. The molecule has 1 heterocycles. The topological polar surface area (TPSA) is 69.2 Å². The number of likely N-dealkylation sites (N-methyl/N-ethyl adjacent to an activating group) is 1. The number of aromatic nitrogens is 2. The summed E-state index contributed by atoms with van der Waals surface area (Å²) >= 11 is 0. The highest BCUT2D eigenvalue weighted by atomic mass is 16.3. The summed E-state index contributed by atoms with van der Waals surface area (Å²) in [7, 11) is 1.67. The summed E-state index contributed by atoms with van der Waals surface area (Å²) in [6.07, 6.45) is 3.49. The summed E-state index contributed by atoms with van der Waals surface area (Å²) < 4.78 is 0. The van der Waals surface area contributed by atoms with Crippen molar-refractivity contribution in [2.24, 2.45) is 0 Å². The summed E-state index contributed by atoms with van der Waals surface area (Å²) in [6, 6.07) is 7.34. The normalized spacial score (nSPS) is 10.3. The Balaban J connectivity index is 2.25. The quantitative estimate of drug-likeness (QED) is 0.848. The lowest BCUT2D eigenvalue weighted by Crippen LogP contribution is -2.29. The fraction of sp³-hybridized carbons (Fsp3) is 0.231. The Morgan fingerprint density at radius 3 is 2.94 bits per heavy atom. The van der Waals surface area contributed by atoms with E-state index in [1.807, 2.05) is 18.2 Å². The Morgan fingerprint density at radius 1 is 1.44 bits per heavy atom. The monoisotopic (exact) mass is 245 g/mol. The van der Waals surface area contributed by atoms with Crippen molar-refractivity contribution in [3.05, 3.63) is 42.2 Å². The van der Waals surface area contributed by atoms with Crippen molar-refractivity contribution in [1.29, 1.82) is 0 Å². The number of nitrogens with zero attached hydrogens (tertiary/aromatic N) is 2. The van der Waals surface area contributed by atoms with Crippen LogP contribution in [0.15, 0.2) is 36.7 Å². The van der Waals surface area contributed by atoms with E-state index in [4.69, 9.17) is 5.11 Å². The third-order valence-corrected chi connectivity index (χ3v) is 2.72.